The molecular weight excluding hydrogens is 348 g/mol. The summed E-state index contributed by atoms with van der Waals surface area (Å²) in [6.45, 7) is 7.40. The largest absolute Gasteiger partial charge is 0.461 e. The second-order valence-electron chi connectivity index (χ2n) is 8.37. The molecule has 0 aliphatic heterocycles. The molecule has 0 heterocycles. The van der Waals surface area contributed by atoms with E-state index in [0.717, 1.165) is 11.6 Å². The number of ether oxygens (including phenoxy) is 2. The van der Waals surface area contributed by atoms with E-state index in [1.807, 2.05) is 30.3 Å². The van der Waals surface area contributed by atoms with Crippen molar-refractivity contribution < 1.29 is 24.5 Å². The van der Waals surface area contributed by atoms with E-state index in [-0.39, 0.29) is 25.1 Å². The fraction of sp³-hybridized carbons (Fsp3) is 0.650. The molecular formula is C20H32O5Si. The normalized spacial score (nSPS) is 24.4. The summed E-state index contributed by atoms with van der Waals surface area (Å²) >= 11 is 0. The van der Waals surface area contributed by atoms with Crippen LogP contribution in [0.4, 0.5) is 0 Å². The molecule has 0 amide bonds. The molecule has 146 valence electrons. The SMILES string of the molecule is C[Si](C)(C)CCOC(O)[C@H]1[C@H](CO)CC[C@@H]1C(=O)OCc1ccccc1. The summed E-state index contributed by atoms with van der Waals surface area (Å²) in [6.07, 6.45) is 0.263. The Kier molecular flexibility index (Phi) is 7.82. The van der Waals surface area contributed by atoms with Crippen LogP contribution in [0.3, 0.4) is 0 Å². The van der Waals surface area contributed by atoms with Crippen LogP contribution in [-0.4, -0.2) is 43.8 Å². The van der Waals surface area contributed by atoms with Crippen molar-refractivity contribution in [3.05, 3.63) is 35.9 Å². The summed E-state index contributed by atoms with van der Waals surface area (Å²) in [4.78, 5) is 12.6. The van der Waals surface area contributed by atoms with Gasteiger partial charge in [-0.05, 0) is 30.4 Å². The molecule has 0 radical (unpaired) electrons. The van der Waals surface area contributed by atoms with Crippen molar-refractivity contribution in [3.63, 3.8) is 0 Å². The molecule has 0 spiro atoms. The van der Waals surface area contributed by atoms with Crippen molar-refractivity contribution in [2.75, 3.05) is 13.2 Å². The van der Waals surface area contributed by atoms with Gasteiger partial charge >= 0.3 is 5.97 Å². The maximum Gasteiger partial charge on any atom is 0.309 e. The highest BCUT2D eigenvalue weighted by Crippen LogP contribution is 2.40. The summed E-state index contributed by atoms with van der Waals surface area (Å²) in [5.41, 5.74) is 0.932. The van der Waals surface area contributed by atoms with Gasteiger partial charge in [0, 0.05) is 27.2 Å². The molecule has 0 saturated heterocycles. The number of carbonyl (C=O) groups excluding carboxylic acids is 1. The Morgan fingerprint density at radius 2 is 1.92 bits per heavy atom. The van der Waals surface area contributed by atoms with Gasteiger partial charge in [0.1, 0.15) is 6.61 Å². The molecule has 1 aromatic carbocycles. The minimum absolute atomic E-state index is 0.0540. The van der Waals surface area contributed by atoms with E-state index in [4.69, 9.17) is 9.47 Å². The smallest absolute Gasteiger partial charge is 0.309 e. The Morgan fingerprint density at radius 3 is 2.54 bits per heavy atom. The first-order valence-electron chi connectivity index (χ1n) is 9.43. The van der Waals surface area contributed by atoms with E-state index in [2.05, 4.69) is 19.6 Å². The zero-order valence-corrected chi connectivity index (χ0v) is 17.1. The molecule has 2 rings (SSSR count). The molecule has 0 aromatic heterocycles. The minimum atomic E-state index is -1.25. The van der Waals surface area contributed by atoms with Gasteiger partial charge in [0.2, 0.25) is 0 Å². The zero-order valence-electron chi connectivity index (χ0n) is 16.1. The predicted molar refractivity (Wildman–Crippen MR) is 103 cm³/mol. The first-order valence-corrected chi connectivity index (χ1v) is 13.1. The van der Waals surface area contributed by atoms with E-state index in [0.29, 0.717) is 19.4 Å². The first kappa shape index (κ1) is 21.1. The third kappa shape index (κ3) is 6.19. The number of hydrogen-bond donors (Lipinski definition) is 2. The molecule has 4 atom stereocenters. The van der Waals surface area contributed by atoms with E-state index < -0.39 is 26.2 Å². The van der Waals surface area contributed by atoms with Gasteiger partial charge in [0.25, 0.3) is 0 Å². The fourth-order valence-corrected chi connectivity index (χ4v) is 4.19. The van der Waals surface area contributed by atoms with Crippen molar-refractivity contribution in [1.29, 1.82) is 0 Å². The van der Waals surface area contributed by atoms with Gasteiger partial charge in [0.05, 0.1) is 5.92 Å². The summed E-state index contributed by atoms with van der Waals surface area (Å²) in [5.74, 6) is -1.29. The molecule has 1 aliphatic carbocycles. The zero-order chi connectivity index (χ0) is 19.2. The van der Waals surface area contributed by atoms with Crippen LogP contribution in [0.1, 0.15) is 18.4 Å². The van der Waals surface area contributed by atoms with Crippen molar-refractivity contribution in [2.45, 2.75) is 51.4 Å². The van der Waals surface area contributed by atoms with Gasteiger partial charge in [-0.15, -0.1) is 0 Å². The molecule has 5 nitrogen and oxygen atoms in total. The van der Waals surface area contributed by atoms with E-state index in [1.54, 1.807) is 0 Å². The summed E-state index contributed by atoms with van der Waals surface area (Å²) < 4.78 is 11.1. The highest BCUT2D eigenvalue weighted by molar-refractivity contribution is 6.76. The topological polar surface area (TPSA) is 76.0 Å². The standard InChI is InChI=1S/C20H32O5Si/c1-26(2,3)12-11-24-20(23)18-16(13-21)9-10-17(18)19(22)25-14-15-7-5-4-6-8-15/h4-8,16-18,20-21,23H,9-14H2,1-3H3/t16-,17-,18-,20?/m0/s1. The number of carbonyl (C=O) groups is 1. The van der Waals surface area contributed by atoms with Crippen LogP contribution in [0, 0.1) is 17.8 Å². The van der Waals surface area contributed by atoms with Gasteiger partial charge in [-0.1, -0.05) is 50.0 Å². The third-order valence-electron chi connectivity index (χ3n) is 5.09. The lowest BCUT2D eigenvalue weighted by Crippen LogP contribution is -2.37. The van der Waals surface area contributed by atoms with Crippen molar-refractivity contribution >= 4 is 14.0 Å². The summed E-state index contributed by atoms with van der Waals surface area (Å²) in [7, 11) is -1.25. The molecule has 1 saturated carbocycles. The number of hydrogen-bond acceptors (Lipinski definition) is 5. The van der Waals surface area contributed by atoms with Crippen LogP contribution in [0.25, 0.3) is 0 Å². The van der Waals surface area contributed by atoms with Crippen LogP contribution in [0.5, 0.6) is 0 Å². The van der Waals surface area contributed by atoms with Crippen molar-refractivity contribution in [1.82, 2.24) is 0 Å². The molecule has 1 aromatic rings. The summed E-state index contributed by atoms with van der Waals surface area (Å²) in [5, 5.41) is 20.2. The highest BCUT2D eigenvalue weighted by atomic mass is 28.3. The lowest BCUT2D eigenvalue weighted by molar-refractivity contribution is -0.172. The number of aliphatic hydroxyl groups is 2. The highest BCUT2D eigenvalue weighted by Gasteiger charge is 2.45. The molecule has 2 N–H and O–H groups in total. The molecule has 1 fully saturated rings. The van der Waals surface area contributed by atoms with Gasteiger partial charge in [-0.3, -0.25) is 4.79 Å². The molecule has 1 unspecified atom stereocenters. The predicted octanol–water partition coefficient (Wildman–Crippen LogP) is 3.04. The van der Waals surface area contributed by atoms with Gasteiger partial charge in [0.15, 0.2) is 6.29 Å². The Bertz CT molecular complexity index is 557. The van der Waals surface area contributed by atoms with Crippen LogP contribution >= 0.6 is 0 Å². The maximum atomic E-state index is 12.6. The van der Waals surface area contributed by atoms with Crippen molar-refractivity contribution in [3.8, 4) is 0 Å². The van der Waals surface area contributed by atoms with Gasteiger partial charge in [-0.25, -0.2) is 0 Å². The minimum Gasteiger partial charge on any atom is -0.461 e. The van der Waals surface area contributed by atoms with Gasteiger partial charge in [-0.2, -0.15) is 0 Å². The quantitative estimate of drug-likeness (QED) is 0.391. The first-order chi connectivity index (χ1) is 12.3. The molecule has 26 heavy (non-hydrogen) atoms. The van der Waals surface area contributed by atoms with Crippen LogP contribution in [0.15, 0.2) is 30.3 Å². The number of aliphatic hydroxyl groups excluding tert-OH is 2. The molecule has 0 bridgehead atoms. The van der Waals surface area contributed by atoms with E-state index >= 15 is 0 Å². The molecule has 1 aliphatic rings. The monoisotopic (exact) mass is 380 g/mol. The lowest BCUT2D eigenvalue weighted by atomic mass is 9.89. The Balaban J connectivity index is 1.93. The number of benzene rings is 1. The van der Waals surface area contributed by atoms with Crippen LogP contribution in [0.2, 0.25) is 25.7 Å². The Morgan fingerprint density at radius 1 is 1.23 bits per heavy atom. The maximum absolute atomic E-state index is 12.6. The molecule has 6 heteroatoms. The second-order valence-corrected chi connectivity index (χ2v) is 14.0. The Labute approximate surface area is 157 Å². The fourth-order valence-electron chi connectivity index (χ4n) is 3.46. The second kappa shape index (κ2) is 9.64. The average molecular weight is 381 g/mol. The van der Waals surface area contributed by atoms with Gasteiger partial charge < -0.3 is 19.7 Å². The van der Waals surface area contributed by atoms with E-state index in [1.165, 1.54) is 0 Å². The lowest BCUT2D eigenvalue weighted by Gasteiger charge is -2.28. The average Bonchev–Trinajstić information content (AvgIpc) is 3.03. The van der Waals surface area contributed by atoms with Crippen LogP contribution in [-0.2, 0) is 20.9 Å². The summed E-state index contributed by atoms with van der Waals surface area (Å²) in [6, 6.07) is 10.5. The van der Waals surface area contributed by atoms with Crippen LogP contribution < -0.4 is 0 Å². The number of rotatable bonds is 9. The van der Waals surface area contributed by atoms with Crippen molar-refractivity contribution in [2.24, 2.45) is 17.8 Å². The number of esters is 1. The van der Waals surface area contributed by atoms with E-state index in [9.17, 15) is 15.0 Å². The third-order valence-corrected chi connectivity index (χ3v) is 6.79. The Hall–Kier alpha value is -1.21.